The number of nitrogens with zero attached hydrogens (tertiary/aromatic N) is 1. The number of alkyl halides is 3. The summed E-state index contributed by atoms with van der Waals surface area (Å²) in [6.07, 6.45) is -4.40. The molecule has 0 aromatic rings. The minimum absolute atomic E-state index is 0.0570. The third-order valence-corrected chi connectivity index (χ3v) is 3.44. The summed E-state index contributed by atoms with van der Waals surface area (Å²) in [7, 11) is 0. The van der Waals surface area contributed by atoms with Gasteiger partial charge in [-0.05, 0) is 19.8 Å². The molecule has 5 nitrogen and oxygen atoms in total. The first-order chi connectivity index (χ1) is 9.47. The van der Waals surface area contributed by atoms with Gasteiger partial charge in [0.05, 0.1) is 6.61 Å². The van der Waals surface area contributed by atoms with Gasteiger partial charge < -0.3 is 15.0 Å². The van der Waals surface area contributed by atoms with E-state index in [0.29, 0.717) is 0 Å². The third-order valence-electron chi connectivity index (χ3n) is 3.44. The van der Waals surface area contributed by atoms with Gasteiger partial charge in [0.25, 0.3) is 0 Å². The van der Waals surface area contributed by atoms with Gasteiger partial charge in [0.1, 0.15) is 18.2 Å². The van der Waals surface area contributed by atoms with Crippen molar-refractivity contribution in [3.8, 4) is 0 Å². The lowest BCUT2D eigenvalue weighted by Crippen LogP contribution is -2.69. The van der Waals surface area contributed by atoms with Crippen LogP contribution < -0.4 is 5.32 Å². The highest BCUT2D eigenvalue weighted by Crippen LogP contribution is 2.23. The molecule has 122 valence electrons. The van der Waals surface area contributed by atoms with Crippen molar-refractivity contribution >= 4 is 11.8 Å². The molecule has 0 aliphatic carbocycles. The number of amides is 2. The van der Waals surface area contributed by atoms with Crippen LogP contribution in [0.25, 0.3) is 0 Å². The standard InChI is InChI=1S/C13H21F3N2O3/c1-8(2)9-10(19)18(12(3,4)11(20)17-9)5-6-21-7-13(14,15)16/h8-9H,5-7H2,1-4H3,(H,17,20). The van der Waals surface area contributed by atoms with Crippen molar-refractivity contribution < 1.29 is 27.5 Å². The number of carbonyl (C=O) groups excluding carboxylic acids is 2. The van der Waals surface area contributed by atoms with E-state index < -0.39 is 24.4 Å². The quantitative estimate of drug-likeness (QED) is 0.779. The largest absolute Gasteiger partial charge is 0.411 e. The van der Waals surface area contributed by atoms with Gasteiger partial charge in [-0.2, -0.15) is 13.2 Å². The van der Waals surface area contributed by atoms with Crippen LogP contribution in [0.5, 0.6) is 0 Å². The Balaban J connectivity index is 2.71. The summed E-state index contributed by atoms with van der Waals surface area (Å²) in [5.74, 6) is -0.724. The number of carbonyl (C=O) groups is 2. The van der Waals surface area contributed by atoms with E-state index in [0.717, 1.165) is 0 Å². The van der Waals surface area contributed by atoms with Crippen molar-refractivity contribution in [2.45, 2.75) is 45.5 Å². The molecule has 1 heterocycles. The Hall–Kier alpha value is -1.31. The molecular formula is C13H21F3N2O3. The van der Waals surface area contributed by atoms with Crippen LogP contribution in [0.4, 0.5) is 13.2 Å². The van der Waals surface area contributed by atoms with E-state index >= 15 is 0 Å². The number of rotatable bonds is 5. The summed E-state index contributed by atoms with van der Waals surface area (Å²) in [6, 6.07) is -0.659. The SMILES string of the molecule is CC(C)C1NC(=O)C(C)(C)N(CCOCC(F)(F)F)C1=O. The maximum absolute atomic E-state index is 12.4. The first-order valence-electron chi connectivity index (χ1n) is 6.73. The molecule has 1 fully saturated rings. The molecule has 8 heteroatoms. The second-order valence-electron chi connectivity index (χ2n) is 5.91. The normalized spacial score (nSPS) is 22.7. The first kappa shape index (κ1) is 17.7. The molecule has 1 rings (SSSR count). The number of halogens is 3. The molecule has 1 unspecified atom stereocenters. The minimum Gasteiger partial charge on any atom is -0.370 e. The van der Waals surface area contributed by atoms with Crippen LogP contribution in [0.1, 0.15) is 27.7 Å². The molecule has 0 saturated carbocycles. The molecule has 1 aliphatic rings. The second-order valence-corrected chi connectivity index (χ2v) is 5.91. The van der Waals surface area contributed by atoms with Crippen molar-refractivity contribution in [3.63, 3.8) is 0 Å². The lowest BCUT2D eigenvalue weighted by molar-refractivity contribution is -0.177. The average Bonchev–Trinajstić information content (AvgIpc) is 2.31. The van der Waals surface area contributed by atoms with Crippen molar-refractivity contribution in [1.29, 1.82) is 0 Å². The molecule has 1 aliphatic heterocycles. The van der Waals surface area contributed by atoms with Gasteiger partial charge >= 0.3 is 6.18 Å². The molecule has 0 bridgehead atoms. The molecule has 21 heavy (non-hydrogen) atoms. The zero-order valence-corrected chi connectivity index (χ0v) is 12.6. The van der Waals surface area contributed by atoms with E-state index in [-0.39, 0.29) is 30.9 Å². The Kier molecular flexibility index (Phi) is 5.25. The van der Waals surface area contributed by atoms with Crippen LogP contribution in [0.15, 0.2) is 0 Å². The summed E-state index contributed by atoms with van der Waals surface area (Å²) >= 11 is 0. The number of ether oxygens (including phenoxy) is 1. The van der Waals surface area contributed by atoms with Crippen LogP contribution in [0.2, 0.25) is 0 Å². The Labute approximate surface area is 121 Å². The third kappa shape index (κ3) is 4.33. The smallest absolute Gasteiger partial charge is 0.370 e. The Morgan fingerprint density at radius 3 is 2.38 bits per heavy atom. The number of piperazine rings is 1. The Morgan fingerprint density at radius 2 is 1.90 bits per heavy atom. The van der Waals surface area contributed by atoms with E-state index in [1.165, 1.54) is 4.90 Å². The van der Waals surface area contributed by atoms with Gasteiger partial charge in [0.2, 0.25) is 11.8 Å². The topological polar surface area (TPSA) is 58.6 Å². The van der Waals surface area contributed by atoms with Crippen molar-refractivity contribution in [2.24, 2.45) is 5.92 Å². The van der Waals surface area contributed by atoms with E-state index in [1.54, 1.807) is 27.7 Å². The average molecular weight is 310 g/mol. The molecule has 1 saturated heterocycles. The second kappa shape index (κ2) is 6.21. The predicted molar refractivity (Wildman–Crippen MR) is 69.4 cm³/mol. The van der Waals surface area contributed by atoms with E-state index in [1.807, 2.05) is 0 Å². The van der Waals surface area contributed by atoms with Crippen LogP contribution >= 0.6 is 0 Å². The minimum atomic E-state index is -4.40. The van der Waals surface area contributed by atoms with Gasteiger partial charge in [-0.3, -0.25) is 9.59 Å². The highest BCUT2D eigenvalue weighted by Gasteiger charge is 2.46. The Morgan fingerprint density at radius 1 is 1.33 bits per heavy atom. The zero-order chi connectivity index (χ0) is 16.4. The lowest BCUT2D eigenvalue weighted by Gasteiger charge is -2.45. The van der Waals surface area contributed by atoms with Gasteiger partial charge in [-0.1, -0.05) is 13.8 Å². The fraction of sp³-hybridized carbons (Fsp3) is 0.846. The van der Waals surface area contributed by atoms with Crippen LogP contribution in [0.3, 0.4) is 0 Å². The van der Waals surface area contributed by atoms with Crippen LogP contribution in [-0.2, 0) is 14.3 Å². The summed E-state index contributed by atoms with van der Waals surface area (Å²) in [4.78, 5) is 25.7. The van der Waals surface area contributed by atoms with Crippen LogP contribution in [0, 0.1) is 5.92 Å². The highest BCUT2D eigenvalue weighted by molar-refractivity contribution is 5.99. The van der Waals surface area contributed by atoms with Gasteiger partial charge in [-0.25, -0.2) is 0 Å². The lowest BCUT2D eigenvalue weighted by atomic mass is 9.91. The fourth-order valence-corrected chi connectivity index (χ4v) is 2.13. The van der Waals surface area contributed by atoms with E-state index in [4.69, 9.17) is 0 Å². The summed E-state index contributed by atoms with van der Waals surface area (Å²) in [6.45, 7) is 5.00. The van der Waals surface area contributed by atoms with Gasteiger partial charge in [0.15, 0.2) is 0 Å². The number of hydrogen-bond acceptors (Lipinski definition) is 3. The summed E-state index contributed by atoms with van der Waals surface area (Å²) < 4.78 is 40.6. The fourth-order valence-electron chi connectivity index (χ4n) is 2.13. The van der Waals surface area contributed by atoms with Crippen molar-refractivity contribution in [3.05, 3.63) is 0 Å². The zero-order valence-electron chi connectivity index (χ0n) is 12.6. The summed E-state index contributed by atoms with van der Waals surface area (Å²) in [5, 5.41) is 2.65. The highest BCUT2D eigenvalue weighted by atomic mass is 19.4. The van der Waals surface area contributed by atoms with Gasteiger partial charge in [0, 0.05) is 6.54 Å². The van der Waals surface area contributed by atoms with Crippen molar-refractivity contribution in [2.75, 3.05) is 19.8 Å². The molecule has 0 radical (unpaired) electrons. The number of hydrogen-bond donors (Lipinski definition) is 1. The van der Waals surface area contributed by atoms with E-state index in [9.17, 15) is 22.8 Å². The number of nitrogens with one attached hydrogen (secondary N) is 1. The molecule has 1 atom stereocenters. The maximum atomic E-state index is 12.4. The monoisotopic (exact) mass is 310 g/mol. The maximum Gasteiger partial charge on any atom is 0.411 e. The first-order valence-corrected chi connectivity index (χ1v) is 6.73. The van der Waals surface area contributed by atoms with Gasteiger partial charge in [-0.15, -0.1) is 0 Å². The molecule has 0 spiro atoms. The Bertz CT molecular complexity index is 408. The predicted octanol–water partition coefficient (Wildman–Crippen LogP) is 1.33. The molecule has 0 aromatic carbocycles. The van der Waals surface area contributed by atoms with E-state index in [2.05, 4.69) is 10.1 Å². The van der Waals surface area contributed by atoms with Crippen LogP contribution in [-0.4, -0.2) is 54.2 Å². The van der Waals surface area contributed by atoms with Crippen molar-refractivity contribution in [1.82, 2.24) is 10.2 Å². The summed E-state index contributed by atoms with van der Waals surface area (Å²) in [5.41, 5.74) is -1.11. The molecular weight excluding hydrogens is 289 g/mol. The molecule has 0 aromatic heterocycles. The molecule has 2 amide bonds. The molecule has 1 N–H and O–H groups in total.